The van der Waals surface area contributed by atoms with Gasteiger partial charge in [-0.05, 0) is 77.4 Å². The quantitative estimate of drug-likeness (QED) is 0.345. The van der Waals surface area contributed by atoms with Crippen molar-refractivity contribution in [1.82, 2.24) is 16.2 Å². The Labute approximate surface area is 176 Å². The molecule has 2 amide bonds. The molecule has 0 spiro atoms. The third kappa shape index (κ3) is 7.16. The molecule has 0 aliphatic carbocycles. The summed E-state index contributed by atoms with van der Waals surface area (Å²) in [5.41, 5.74) is 5.94. The zero-order chi connectivity index (χ0) is 20.5. The molecule has 0 saturated carbocycles. The molecule has 0 aliphatic rings. The third-order valence-corrected chi connectivity index (χ3v) is 4.30. The maximum absolute atomic E-state index is 11.8. The molecule has 0 radical (unpaired) electrons. The Kier molecular flexibility index (Phi) is 8.21. The zero-order valence-corrected chi connectivity index (χ0v) is 17.8. The van der Waals surface area contributed by atoms with Crippen LogP contribution in [0.15, 0.2) is 45.3 Å². The van der Waals surface area contributed by atoms with Crippen LogP contribution in [0, 0.1) is 6.92 Å². The molecule has 0 atom stereocenters. The van der Waals surface area contributed by atoms with Crippen molar-refractivity contribution in [1.29, 1.82) is 0 Å². The number of hydrogen-bond donors (Lipinski definition) is 3. The summed E-state index contributed by atoms with van der Waals surface area (Å²) in [5.74, 6) is 0.939. The Hall–Kier alpha value is -2.65. The van der Waals surface area contributed by atoms with Crippen molar-refractivity contribution in [3.63, 3.8) is 0 Å². The number of rotatable bonds is 6. The summed E-state index contributed by atoms with van der Waals surface area (Å²) in [6.45, 7) is 3.64. The second-order valence-corrected chi connectivity index (χ2v) is 6.94. The van der Waals surface area contributed by atoms with Gasteiger partial charge in [-0.1, -0.05) is 13.0 Å². The molecule has 0 unspecified atom stereocenters. The van der Waals surface area contributed by atoms with E-state index in [1.165, 1.54) is 12.2 Å². The SMILES string of the molecule is CCc1ccc(OCC(=O)NNC(=S)NC(=O)/C=C/c2ccc(C)o2)c(Br)c1. The van der Waals surface area contributed by atoms with E-state index in [9.17, 15) is 9.59 Å². The number of benzene rings is 1. The Bertz CT molecular complexity index is 895. The molecule has 1 aromatic carbocycles. The van der Waals surface area contributed by atoms with Crippen LogP contribution in [0.25, 0.3) is 6.08 Å². The van der Waals surface area contributed by atoms with Crippen molar-refractivity contribution >= 4 is 51.2 Å². The summed E-state index contributed by atoms with van der Waals surface area (Å²) in [4.78, 5) is 23.6. The number of hydrazine groups is 1. The average Bonchev–Trinajstić information content (AvgIpc) is 3.09. The minimum absolute atomic E-state index is 0.0490. The standard InChI is InChI=1S/C19H20BrN3O4S/c1-3-13-5-8-16(15(20)10-13)26-11-18(25)22-23-19(28)21-17(24)9-7-14-6-4-12(2)27-14/h4-10H,3,11H2,1-2H3,(H,22,25)(H2,21,23,24,28)/b9-7+. The number of aryl methyl sites for hydroxylation is 2. The van der Waals surface area contributed by atoms with E-state index in [-0.39, 0.29) is 11.7 Å². The van der Waals surface area contributed by atoms with Crippen molar-refractivity contribution in [3.8, 4) is 5.75 Å². The fourth-order valence-electron chi connectivity index (χ4n) is 2.07. The summed E-state index contributed by atoms with van der Waals surface area (Å²) in [5, 5.41) is 2.35. The molecule has 2 aromatic rings. The lowest BCUT2D eigenvalue weighted by atomic mass is 10.2. The van der Waals surface area contributed by atoms with Gasteiger partial charge in [0, 0.05) is 6.08 Å². The molecule has 0 fully saturated rings. The van der Waals surface area contributed by atoms with Gasteiger partial charge in [0.05, 0.1) is 4.47 Å². The van der Waals surface area contributed by atoms with E-state index in [1.807, 2.05) is 19.1 Å². The lowest BCUT2D eigenvalue weighted by Gasteiger charge is -2.11. The van der Waals surface area contributed by atoms with Crippen LogP contribution in [0.3, 0.4) is 0 Å². The van der Waals surface area contributed by atoms with Gasteiger partial charge in [0.25, 0.3) is 5.91 Å². The minimum Gasteiger partial charge on any atom is -0.483 e. The molecule has 148 valence electrons. The molecule has 1 heterocycles. The predicted octanol–water partition coefficient (Wildman–Crippen LogP) is 3.03. The van der Waals surface area contributed by atoms with Crippen LogP contribution in [-0.4, -0.2) is 23.5 Å². The molecule has 0 bridgehead atoms. The monoisotopic (exact) mass is 465 g/mol. The number of furan rings is 1. The normalized spacial score (nSPS) is 10.5. The van der Waals surface area contributed by atoms with E-state index in [0.29, 0.717) is 11.5 Å². The number of ether oxygens (including phenoxy) is 1. The van der Waals surface area contributed by atoms with Gasteiger partial charge in [0.1, 0.15) is 17.3 Å². The first-order valence-corrected chi connectivity index (χ1v) is 9.63. The number of hydrogen-bond acceptors (Lipinski definition) is 5. The highest BCUT2D eigenvalue weighted by Gasteiger charge is 2.07. The number of carbonyl (C=O) groups excluding carboxylic acids is 2. The van der Waals surface area contributed by atoms with Crippen LogP contribution in [-0.2, 0) is 16.0 Å². The van der Waals surface area contributed by atoms with Gasteiger partial charge < -0.3 is 9.15 Å². The third-order valence-electron chi connectivity index (χ3n) is 3.48. The predicted molar refractivity (Wildman–Crippen MR) is 114 cm³/mol. The van der Waals surface area contributed by atoms with Crippen LogP contribution < -0.4 is 20.9 Å². The summed E-state index contributed by atoms with van der Waals surface area (Å²) >= 11 is 8.35. The molecule has 7 nitrogen and oxygen atoms in total. The molecule has 0 aliphatic heterocycles. The van der Waals surface area contributed by atoms with Gasteiger partial charge in [0.2, 0.25) is 5.91 Å². The van der Waals surface area contributed by atoms with E-state index in [4.69, 9.17) is 21.4 Å². The molecule has 3 N–H and O–H groups in total. The lowest BCUT2D eigenvalue weighted by Crippen LogP contribution is -2.49. The van der Waals surface area contributed by atoms with Gasteiger partial charge in [-0.15, -0.1) is 0 Å². The molecular formula is C19H20BrN3O4S. The topological polar surface area (TPSA) is 92.6 Å². The smallest absolute Gasteiger partial charge is 0.276 e. The van der Waals surface area contributed by atoms with Gasteiger partial charge in [0.15, 0.2) is 11.7 Å². The van der Waals surface area contributed by atoms with Crippen molar-refractivity contribution < 1.29 is 18.7 Å². The van der Waals surface area contributed by atoms with Gasteiger partial charge in [-0.2, -0.15) is 0 Å². The Morgan fingerprint density at radius 3 is 2.68 bits per heavy atom. The molecule has 28 heavy (non-hydrogen) atoms. The molecular weight excluding hydrogens is 446 g/mol. The highest BCUT2D eigenvalue weighted by atomic mass is 79.9. The average molecular weight is 466 g/mol. The molecule has 9 heteroatoms. The number of halogens is 1. The zero-order valence-electron chi connectivity index (χ0n) is 15.4. The maximum Gasteiger partial charge on any atom is 0.276 e. The van der Waals surface area contributed by atoms with E-state index < -0.39 is 11.8 Å². The molecule has 0 saturated heterocycles. The first kappa shape index (κ1) is 21.6. The van der Waals surface area contributed by atoms with E-state index in [2.05, 4.69) is 39.0 Å². The van der Waals surface area contributed by atoms with Gasteiger partial charge in [-0.3, -0.25) is 25.8 Å². The Balaban J connectivity index is 1.71. The van der Waals surface area contributed by atoms with E-state index in [1.54, 1.807) is 18.2 Å². The van der Waals surface area contributed by atoms with Gasteiger partial charge in [-0.25, -0.2) is 0 Å². The van der Waals surface area contributed by atoms with Crippen molar-refractivity contribution in [2.45, 2.75) is 20.3 Å². The summed E-state index contributed by atoms with van der Waals surface area (Å²) in [7, 11) is 0. The Morgan fingerprint density at radius 2 is 2.04 bits per heavy atom. The fraction of sp³-hybridized carbons (Fsp3) is 0.211. The summed E-state index contributed by atoms with van der Waals surface area (Å²) < 4.78 is 11.5. The van der Waals surface area contributed by atoms with Crippen LogP contribution in [0.1, 0.15) is 24.0 Å². The van der Waals surface area contributed by atoms with Crippen LogP contribution in [0.5, 0.6) is 5.75 Å². The first-order valence-electron chi connectivity index (χ1n) is 8.43. The second-order valence-electron chi connectivity index (χ2n) is 5.68. The van der Waals surface area contributed by atoms with Crippen molar-refractivity contribution in [2.24, 2.45) is 0 Å². The minimum atomic E-state index is -0.461. The summed E-state index contributed by atoms with van der Waals surface area (Å²) in [6, 6.07) is 9.19. The lowest BCUT2D eigenvalue weighted by molar-refractivity contribution is -0.123. The first-order chi connectivity index (χ1) is 13.4. The van der Waals surface area contributed by atoms with Crippen molar-refractivity contribution in [2.75, 3.05) is 6.61 Å². The summed E-state index contributed by atoms with van der Waals surface area (Å²) in [6.07, 6.45) is 3.69. The maximum atomic E-state index is 11.8. The molecule has 1 aromatic heterocycles. The highest BCUT2D eigenvalue weighted by molar-refractivity contribution is 9.10. The fourth-order valence-corrected chi connectivity index (χ4v) is 2.77. The van der Waals surface area contributed by atoms with E-state index in [0.717, 1.165) is 22.2 Å². The Morgan fingerprint density at radius 1 is 1.25 bits per heavy atom. The van der Waals surface area contributed by atoms with E-state index >= 15 is 0 Å². The number of carbonyl (C=O) groups is 2. The number of thiocarbonyl (C=S) groups is 1. The van der Waals surface area contributed by atoms with Gasteiger partial charge >= 0.3 is 0 Å². The van der Waals surface area contributed by atoms with Crippen LogP contribution in [0.4, 0.5) is 0 Å². The largest absolute Gasteiger partial charge is 0.483 e. The number of nitrogens with one attached hydrogen (secondary N) is 3. The molecule has 2 rings (SSSR count). The number of amides is 2. The van der Waals surface area contributed by atoms with Crippen LogP contribution in [0.2, 0.25) is 0 Å². The van der Waals surface area contributed by atoms with Crippen LogP contribution >= 0.6 is 28.1 Å². The van der Waals surface area contributed by atoms with Crippen molar-refractivity contribution in [3.05, 3.63) is 58.0 Å². The highest BCUT2D eigenvalue weighted by Crippen LogP contribution is 2.26. The second kappa shape index (κ2) is 10.6.